The third-order valence-corrected chi connectivity index (χ3v) is 8.15. The highest BCUT2D eigenvalue weighted by Gasteiger charge is 2.21. The van der Waals surface area contributed by atoms with Crippen LogP contribution < -0.4 is 14.9 Å². The number of hydrogen-bond donors (Lipinski definition) is 2. The molecule has 1 heterocycles. The van der Waals surface area contributed by atoms with E-state index in [0.717, 1.165) is 69.8 Å². The number of anilines is 2. The molecule has 0 atom stereocenters. The number of piperazine rings is 1. The Kier molecular flexibility index (Phi) is 9.81. The number of benzene rings is 1. The number of nitrogens with zero attached hydrogens (tertiary/aromatic N) is 2. The molecular weight excluding hydrogens is 424 g/mol. The van der Waals surface area contributed by atoms with Crippen LogP contribution in [0.2, 0.25) is 0 Å². The van der Waals surface area contributed by atoms with E-state index in [1.165, 1.54) is 19.3 Å². The fraction of sp³-hybridized carbons (Fsp3) is 0.708. The van der Waals surface area contributed by atoms with E-state index in [2.05, 4.69) is 25.9 Å². The molecule has 0 radical (unpaired) electrons. The first-order chi connectivity index (χ1) is 15.4. The molecule has 1 aliphatic heterocycles. The molecule has 1 saturated heterocycles. The Morgan fingerprint density at radius 2 is 1.81 bits per heavy atom. The summed E-state index contributed by atoms with van der Waals surface area (Å²) in [6.07, 6.45) is 8.08. The number of nitrogens with one attached hydrogen (secondary N) is 2. The monoisotopic (exact) mass is 464 g/mol. The van der Waals surface area contributed by atoms with E-state index in [4.69, 9.17) is 0 Å². The lowest BCUT2D eigenvalue weighted by molar-refractivity contribution is -0.115. The minimum atomic E-state index is -3.13. The molecule has 1 aromatic rings. The van der Waals surface area contributed by atoms with Crippen molar-refractivity contribution in [2.24, 2.45) is 5.92 Å². The lowest BCUT2D eigenvalue weighted by Gasteiger charge is -2.36. The first-order valence-corrected chi connectivity index (χ1v) is 13.9. The highest BCUT2D eigenvalue weighted by Crippen LogP contribution is 2.24. The Hall–Kier alpha value is -1.64. The molecule has 3 rings (SSSR count). The van der Waals surface area contributed by atoms with Gasteiger partial charge in [-0.2, -0.15) is 0 Å². The molecule has 7 nitrogen and oxygen atoms in total. The van der Waals surface area contributed by atoms with Gasteiger partial charge in [-0.1, -0.05) is 32.3 Å². The molecule has 2 fully saturated rings. The van der Waals surface area contributed by atoms with Crippen LogP contribution in [0, 0.1) is 5.92 Å². The summed E-state index contributed by atoms with van der Waals surface area (Å²) < 4.78 is 27.4. The van der Waals surface area contributed by atoms with Crippen LogP contribution >= 0.6 is 0 Å². The first kappa shape index (κ1) is 25.0. The second-order valence-corrected chi connectivity index (χ2v) is 11.0. The molecule has 8 heteroatoms. The fourth-order valence-electron chi connectivity index (χ4n) is 4.67. The Balaban J connectivity index is 1.31. The van der Waals surface area contributed by atoms with Gasteiger partial charge in [-0.15, -0.1) is 0 Å². The van der Waals surface area contributed by atoms with Crippen molar-refractivity contribution >= 4 is 27.3 Å². The summed E-state index contributed by atoms with van der Waals surface area (Å²) in [5.41, 5.74) is 1.99. The standard InChI is InChI=1S/C24H40N4O3S/c1-2-24(29)26-22-11-8-12-23(19-22)28-17-15-27(16-18-28)14-7-6-13-25-32(30,31)20-21-9-4-3-5-10-21/h8,11-12,19,21,25H,2-7,9-10,13-18,20H2,1H3,(H,26,29). The molecular formula is C24H40N4O3S. The van der Waals surface area contributed by atoms with Crippen molar-refractivity contribution in [2.75, 3.05) is 55.2 Å². The number of sulfonamides is 1. The van der Waals surface area contributed by atoms with Gasteiger partial charge in [-0.3, -0.25) is 9.69 Å². The van der Waals surface area contributed by atoms with E-state index in [0.29, 0.717) is 24.6 Å². The summed E-state index contributed by atoms with van der Waals surface area (Å²) >= 11 is 0. The van der Waals surface area contributed by atoms with Crippen molar-refractivity contribution in [1.29, 1.82) is 0 Å². The third-order valence-electron chi connectivity index (χ3n) is 6.59. The molecule has 0 unspecified atom stereocenters. The number of amides is 1. The maximum absolute atomic E-state index is 12.3. The lowest BCUT2D eigenvalue weighted by atomic mass is 9.91. The Bertz CT molecular complexity index is 816. The van der Waals surface area contributed by atoms with E-state index in [-0.39, 0.29) is 5.91 Å². The molecule has 1 saturated carbocycles. The minimum absolute atomic E-state index is 0.0308. The second kappa shape index (κ2) is 12.6. The zero-order valence-corrected chi connectivity index (χ0v) is 20.3. The smallest absolute Gasteiger partial charge is 0.224 e. The number of carbonyl (C=O) groups excluding carboxylic acids is 1. The number of unbranched alkanes of at least 4 members (excludes halogenated alkanes) is 1. The predicted molar refractivity (Wildman–Crippen MR) is 132 cm³/mol. The molecule has 1 amide bonds. The molecule has 32 heavy (non-hydrogen) atoms. The summed E-state index contributed by atoms with van der Waals surface area (Å²) in [6.45, 7) is 7.32. The highest BCUT2D eigenvalue weighted by molar-refractivity contribution is 7.89. The van der Waals surface area contributed by atoms with E-state index in [1.54, 1.807) is 0 Å². The number of rotatable bonds is 11. The van der Waals surface area contributed by atoms with Crippen molar-refractivity contribution in [3.05, 3.63) is 24.3 Å². The SMILES string of the molecule is CCC(=O)Nc1cccc(N2CCN(CCCCNS(=O)(=O)CC3CCCCC3)CC2)c1. The van der Waals surface area contributed by atoms with E-state index in [9.17, 15) is 13.2 Å². The number of carbonyl (C=O) groups is 1. The highest BCUT2D eigenvalue weighted by atomic mass is 32.2. The average Bonchev–Trinajstić information content (AvgIpc) is 2.79. The van der Waals surface area contributed by atoms with Gasteiger partial charge in [0.25, 0.3) is 0 Å². The number of hydrogen-bond acceptors (Lipinski definition) is 5. The lowest BCUT2D eigenvalue weighted by Crippen LogP contribution is -2.46. The molecule has 1 aromatic carbocycles. The Labute approximate surface area is 194 Å². The second-order valence-electron chi connectivity index (χ2n) is 9.17. The van der Waals surface area contributed by atoms with Crippen LogP contribution in [0.3, 0.4) is 0 Å². The molecule has 180 valence electrons. The largest absolute Gasteiger partial charge is 0.369 e. The van der Waals surface area contributed by atoms with Gasteiger partial charge in [0.2, 0.25) is 15.9 Å². The van der Waals surface area contributed by atoms with Crippen LogP contribution in [0.25, 0.3) is 0 Å². The summed E-state index contributed by atoms with van der Waals surface area (Å²) in [7, 11) is -3.13. The van der Waals surface area contributed by atoms with Gasteiger partial charge in [-0.05, 0) is 56.3 Å². The van der Waals surface area contributed by atoms with Crippen LogP contribution in [0.5, 0.6) is 0 Å². The van der Waals surface area contributed by atoms with Crippen LogP contribution in [0.15, 0.2) is 24.3 Å². The maximum Gasteiger partial charge on any atom is 0.224 e. The van der Waals surface area contributed by atoms with Gasteiger partial charge in [-0.25, -0.2) is 13.1 Å². The maximum atomic E-state index is 12.3. The quantitative estimate of drug-likeness (QED) is 0.490. The van der Waals surface area contributed by atoms with Gasteiger partial charge in [0.05, 0.1) is 5.75 Å². The molecule has 2 aliphatic rings. The third kappa shape index (κ3) is 8.37. The van der Waals surface area contributed by atoms with E-state index < -0.39 is 10.0 Å². The van der Waals surface area contributed by atoms with E-state index in [1.807, 2.05) is 25.1 Å². The zero-order chi connectivity index (χ0) is 22.8. The van der Waals surface area contributed by atoms with Crippen molar-refractivity contribution in [3.63, 3.8) is 0 Å². The summed E-state index contributed by atoms with van der Waals surface area (Å²) in [6, 6.07) is 8.05. The molecule has 2 N–H and O–H groups in total. The Morgan fingerprint density at radius 3 is 2.53 bits per heavy atom. The summed E-state index contributed by atoms with van der Waals surface area (Å²) in [5, 5.41) is 2.93. The molecule has 0 bridgehead atoms. The average molecular weight is 465 g/mol. The topological polar surface area (TPSA) is 81.8 Å². The van der Waals surface area contributed by atoms with Crippen LogP contribution in [0.4, 0.5) is 11.4 Å². The molecule has 0 aromatic heterocycles. The summed E-state index contributed by atoms with van der Waals surface area (Å²) in [5.74, 6) is 0.683. The van der Waals surface area contributed by atoms with Gasteiger partial charge < -0.3 is 10.2 Å². The van der Waals surface area contributed by atoms with Gasteiger partial charge in [0.1, 0.15) is 0 Å². The fourth-order valence-corrected chi connectivity index (χ4v) is 6.20. The van der Waals surface area contributed by atoms with Crippen molar-refractivity contribution in [2.45, 2.75) is 58.3 Å². The Morgan fingerprint density at radius 1 is 1.06 bits per heavy atom. The van der Waals surface area contributed by atoms with E-state index >= 15 is 0 Å². The van der Waals surface area contributed by atoms with Crippen LogP contribution in [-0.2, 0) is 14.8 Å². The summed E-state index contributed by atoms with van der Waals surface area (Å²) in [4.78, 5) is 16.4. The predicted octanol–water partition coefficient (Wildman–Crippen LogP) is 3.44. The normalized spacial score (nSPS) is 18.6. The van der Waals surface area contributed by atoms with Crippen molar-refractivity contribution in [1.82, 2.24) is 9.62 Å². The van der Waals surface area contributed by atoms with Crippen molar-refractivity contribution in [3.8, 4) is 0 Å². The zero-order valence-electron chi connectivity index (χ0n) is 19.5. The molecule has 1 aliphatic carbocycles. The van der Waals surface area contributed by atoms with Gasteiger partial charge >= 0.3 is 0 Å². The van der Waals surface area contributed by atoms with Crippen molar-refractivity contribution < 1.29 is 13.2 Å². The molecule has 0 spiro atoms. The van der Waals surface area contributed by atoms with Crippen LogP contribution in [0.1, 0.15) is 58.3 Å². The van der Waals surface area contributed by atoms with Gasteiger partial charge in [0, 0.05) is 50.5 Å². The van der Waals surface area contributed by atoms with Crippen LogP contribution in [-0.4, -0.2) is 64.2 Å². The minimum Gasteiger partial charge on any atom is -0.369 e. The first-order valence-electron chi connectivity index (χ1n) is 12.3. The van der Waals surface area contributed by atoms with Gasteiger partial charge in [0.15, 0.2) is 0 Å².